The van der Waals surface area contributed by atoms with Gasteiger partial charge in [-0.3, -0.25) is 0 Å². The lowest BCUT2D eigenvalue weighted by Gasteiger charge is -2.14. The van der Waals surface area contributed by atoms with E-state index in [1.165, 1.54) is 16.7 Å². The minimum Gasteiger partial charge on any atom is -0.486 e. The second-order valence-corrected chi connectivity index (χ2v) is 7.58. The molecule has 2 nitrogen and oxygen atoms in total. The highest BCUT2D eigenvalue weighted by atomic mass is 35.5. The summed E-state index contributed by atoms with van der Waals surface area (Å²) in [5, 5.41) is 4.49. The Morgan fingerprint density at radius 2 is 1.52 bits per heavy atom. The van der Waals surface area contributed by atoms with Gasteiger partial charge in [0.15, 0.2) is 5.75 Å². The summed E-state index contributed by atoms with van der Waals surface area (Å²) in [7, 11) is 0. The summed E-state index contributed by atoms with van der Waals surface area (Å²) < 4.78 is 5.86. The number of benzene rings is 3. The van der Waals surface area contributed by atoms with Gasteiger partial charge in [0.1, 0.15) is 6.61 Å². The molecule has 0 amide bonds. The highest BCUT2D eigenvalue weighted by Gasteiger charge is 2.11. The largest absolute Gasteiger partial charge is 0.486 e. The van der Waals surface area contributed by atoms with Crippen LogP contribution in [-0.4, -0.2) is 0 Å². The van der Waals surface area contributed by atoms with E-state index in [9.17, 15) is 0 Å². The molecular formula is C23H23Cl2NO. The zero-order valence-electron chi connectivity index (χ0n) is 15.8. The van der Waals surface area contributed by atoms with E-state index < -0.39 is 0 Å². The molecule has 0 fully saturated rings. The Morgan fingerprint density at radius 1 is 0.852 bits per heavy atom. The van der Waals surface area contributed by atoms with Crippen molar-refractivity contribution in [3.05, 3.63) is 92.5 Å². The molecule has 0 bridgehead atoms. The molecule has 27 heavy (non-hydrogen) atoms. The molecule has 0 aliphatic carbocycles. The molecule has 3 aromatic carbocycles. The van der Waals surface area contributed by atoms with E-state index >= 15 is 0 Å². The van der Waals surface area contributed by atoms with Crippen LogP contribution in [-0.2, 0) is 13.2 Å². The Bertz CT molecular complexity index is 913. The van der Waals surface area contributed by atoms with Crippen LogP contribution in [0, 0.1) is 20.8 Å². The molecule has 4 heteroatoms. The SMILES string of the molecule is Cc1ccc(COc2c(Cl)cc(CNc3cccc(C)c3C)cc2Cl)cc1. The first-order valence-corrected chi connectivity index (χ1v) is 9.66. The third-order valence-electron chi connectivity index (χ3n) is 4.65. The van der Waals surface area contributed by atoms with E-state index in [-0.39, 0.29) is 0 Å². The van der Waals surface area contributed by atoms with Crippen molar-refractivity contribution in [2.75, 3.05) is 5.32 Å². The molecule has 0 saturated carbocycles. The molecule has 1 N–H and O–H groups in total. The predicted octanol–water partition coefficient (Wildman–Crippen LogP) is 7.11. The minimum absolute atomic E-state index is 0.430. The molecule has 140 valence electrons. The fraction of sp³-hybridized carbons (Fsp3) is 0.217. The van der Waals surface area contributed by atoms with Crippen LogP contribution in [0.25, 0.3) is 0 Å². The number of halogens is 2. The van der Waals surface area contributed by atoms with E-state index in [0.717, 1.165) is 16.8 Å². The highest BCUT2D eigenvalue weighted by molar-refractivity contribution is 6.37. The van der Waals surface area contributed by atoms with Gasteiger partial charge in [-0.25, -0.2) is 0 Å². The van der Waals surface area contributed by atoms with Crippen LogP contribution in [0.4, 0.5) is 5.69 Å². The van der Waals surface area contributed by atoms with Crippen LogP contribution in [0.3, 0.4) is 0 Å². The summed E-state index contributed by atoms with van der Waals surface area (Å²) in [5.41, 5.74) is 6.92. The van der Waals surface area contributed by atoms with Crippen molar-refractivity contribution in [3.63, 3.8) is 0 Å². The van der Waals surface area contributed by atoms with Crippen molar-refractivity contribution in [1.82, 2.24) is 0 Å². The fourth-order valence-electron chi connectivity index (χ4n) is 2.83. The Morgan fingerprint density at radius 3 is 2.19 bits per heavy atom. The lowest BCUT2D eigenvalue weighted by molar-refractivity contribution is 0.306. The third-order valence-corrected chi connectivity index (χ3v) is 5.21. The van der Waals surface area contributed by atoms with Crippen LogP contribution in [0.1, 0.15) is 27.8 Å². The number of aryl methyl sites for hydroxylation is 2. The van der Waals surface area contributed by atoms with Crippen LogP contribution in [0.15, 0.2) is 54.6 Å². The number of hydrogen-bond donors (Lipinski definition) is 1. The smallest absolute Gasteiger partial charge is 0.156 e. The molecule has 0 radical (unpaired) electrons. The number of ether oxygens (including phenoxy) is 1. The zero-order valence-corrected chi connectivity index (χ0v) is 17.3. The van der Waals surface area contributed by atoms with Crippen molar-refractivity contribution >= 4 is 28.9 Å². The van der Waals surface area contributed by atoms with E-state index in [0.29, 0.717) is 28.9 Å². The van der Waals surface area contributed by atoms with Crippen molar-refractivity contribution < 1.29 is 4.74 Å². The van der Waals surface area contributed by atoms with Crippen LogP contribution >= 0.6 is 23.2 Å². The molecule has 3 rings (SSSR count). The van der Waals surface area contributed by atoms with Gasteiger partial charge in [0, 0.05) is 12.2 Å². The number of hydrogen-bond acceptors (Lipinski definition) is 2. The standard InChI is InChI=1S/C23H23Cl2NO/c1-15-7-9-18(10-8-15)14-27-23-20(24)11-19(12-21(23)25)13-26-22-6-4-5-16(2)17(22)3/h4-12,26H,13-14H2,1-3H3. The van der Waals surface area contributed by atoms with Gasteiger partial charge < -0.3 is 10.1 Å². The number of nitrogens with one attached hydrogen (secondary N) is 1. The van der Waals surface area contributed by atoms with E-state index in [1.54, 1.807) is 0 Å². The Labute approximate surface area is 171 Å². The maximum Gasteiger partial charge on any atom is 0.156 e. The number of rotatable bonds is 6. The predicted molar refractivity (Wildman–Crippen MR) is 115 cm³/mol. The number of anilines is 1. The van der Waals surface area contributed by atoms with Gasteiger partial charge in [-0.2, -0.15) is 0 Å². The Balaban J connectivity index is 1.68. The molecule has 0 aromatic heterocycles. The summed E-state index contributed by atoms with van der Waals surface area (Å²) >= 11 is 12.9. The lowest BCUT2D eigenvalue weighted by atomic mass is 10.1. The maximum absolute atomic E-state index is 6.43. The van der Waals surface area contributed by atoms with Gasteiger partial charge in [0.05, 0.1) is 10.0 Å². The maximum atomic E-state index is 6.43. The summed E-state index contributed by atoms with van der Waals surface area (Å²) in [5.74, 6) is 0.523. The minimum atomic E-state index is 0.430. The quantitative estimate of drug-likeness (QED) is 0.476. The van der Waals surface area contributed by atoms with Crippen molar-refractivity contribution in [1.29, 1.82) is 0 Å². The van der Waals surface area contributed by atoms with E-state index in [2.05, 4.69) is 50.4 Å². The lowest BCUT2D eigenvalue weighted by Crippen LogP contribution is -2.03. The van der Waals surface area contributed by atoms with Crippen molar-refractivity contribution in [2.45, 2.75) is 33.9 Å². The van der Waals surface area contributed by atoms with E-state index in [1.807, 2.05) is 30.3 Å². The van der Waals surface area contributed by atoms with Gasteiger partial charge in [-0.15, -0.1) is 0 Å². The van der Waals surface area contributed by atoms with Gasteiger partial charge in [0.25, 0.3) is 0 Å². The molecule has 3 aromatic rings. The zero-order chi connectivity index (χ0) is 19.4. The first-order chi connectivity index (χ1) is 12.9. The Kier molecular flexibility index (Phi) is 6.30. The molecule has 0 spiro atoms. The normalized spacial score (nSPS) is 10.7. The molecular weight excluding hydrogens is 377 g/mol. The van der Waals surface area contributed by atoms with Crippen LogP contribution < -0.4 is 10.1 Å². The first-order valence-electron chi connectivity index (χ1n) is 8.90. The van der Waals surface area contributed by atoms with Gasteiger partial charge in [-0.1, -0.05) is 65.2 Å². The van der Waals surface area contributed by atoms with E-state index in [4.69, 9.17) is 27.9 Å². The molecule has 0 aliphatic heterocycles. The second-order valence-electron chi connectivity index (χ2n) is 6.76. The molecule has 0 heterocycles. The average Bonchev–Trinajstić information content (AvgIpc) is 2.64. The van der Waals surface area contributed by atoms with Gasteiger partial charge in [0.2, 0.25) is 0 Å². The molecule has 0 unspecified atom stereocenters. The first kappa shape index (κ1) is 19.6. The van der Waals surface area contributed by atoms with Crippen molar-refractivity contribution in [3.8, 4) is 5.75 Å². The second kappa shape index (κ2) is 8.69. The fourth-order valence-corrected chi connectivity index (χ4v) is 3.47. The summed E-state index contributed by atoms with van der Waals surface area (Å²) in [6.45, 7) is 7.35. The summed E-state index contributed by atoms with van der Waals surface area (Å²) in [4.78, 5) is 0. The van der Waals surface area contributed by atoms with Gasteiger partial charge in [-0.05, 0) is 61.2 Å². The molecule has 0 atom stereocenters. The van der Waals surface area contributed by atoms with Crippen LogP contribution in [0.5, 0.6) is 5.75 Å². The van der Waals surface area contributed by atoms with Crippen LogP contribution in [0.2, 0.25) is 10.0 Å². The van der Waals surface area contributed by atoms with Gasteiger partial charge >= 0.3 is 0 Å². The monoisotopic (exact) mass is 399 g/mol. The Hall–Kier alpha value is -2.16. The molecule has 0 aliphatic rings. The van der Waals surface area contributed by atoms with Crippen molar-refractivity contribution in [2.24, 2.45) is 0 Å². The topological polar surface area (TPSA) is 21.3 Å². The highest BCUT2D eigenvalue weighted by Crippen LogP contribution is 2.35. The summed E-state index contributed by atoms with van der Waals surface area (Å²) in [6, 6.07) is 18.2. The third kappa shape index (κ3) is 4.97. The summed E-state index contributed by atoms with van der Waals surface area (Å²) in [6.07, 6.45) is 0. The average molecular weight is 400 g/mol. The molecule has 0 saturated heterocycles.